The Morgan fingerprint density at radius 1 is 1.07 bits per heavy atom. The van der Waals surface area contributed by atoms with E-state index in [-0.39, 0.29) is 17.7 Å². The number of nitrogens with zero attached hydrogens (tertiary/aromatic N) is 1. The van der Waals surface area contributed by atoms with Crippen molar-refractivity contribution in [2.45, 2.75) is 51.0 Å². The van der Waals surface area contributed by atoms with E-state index < -0.39 is 16.7 Å². The third-order valence-corrected chi connectivity index (χ3v) is 7.40. The highest BCUT2D eigenvalue weighted by atomic mass is 79.9. The molecule has 4 rings (SSSR count). The number of benzene rings is 2. The van der Waals surface area contributed by atoms with Gasteiger partial charge in [-0.15, -0.1) is 0 Å². The Kier molecular flexibility index (Phi) is 5.55. The average molecular weight is 465 g/mol. The Bertz CT molecular complexity index is 1010. The molecule has 0 radical (unpaired) electrons. The van der Waals surface area contributed by atoms with Gasteiger partial charge >= 0.3 is 0 Å². The minimum Gasteiger partial charge on any atom is -0.352 e. The van der Waals surface area contributed by atoms with E-state index in [1.54, 1.807) is 19.1 Å². The van der Waals surface area contributed by atoms with Gasteiger partial charge in [0.1, 0.15) is 0 Å². The number of Topliss-reactive ketones (excluding diaryl/α,β-unsaturated/α-hetero) is 1. The van der Waals surface area contributed by atoms with Crippen molar-refractivity contribution in [2.24, 2.45) is 10.8 Å². The number of ketones is 1. The second-order valence-corrected chi connectivity index (χ2v) is 9.53. The molecule has 154 valence electrons. The summed E-state index contributed by atoms with van der Waals surface area (Å²) in [5.74, 6) is -0.967. The van der Waals surface area contributed by atoms with E-state index in [1.807, 2.05) is 42.5 Å². The molecule has 30 heavy (non-hydrogen) atoms. The number of amides is 1. The van der Waals surface area contributed by atoms with Crippen molar-refractivity contribution in [2.75, 3.05) is 0 Å². The fourth-order valence-corrected chi connectivity index (χ4v) is 5.65. The Morgan fingerprint density at radius 2 is 1.77 bits per heavy atom. The average Bonchev–Trinajstić information content (AvgIpc) is 3.35. The predicted molar refractivity (Wildman–Crippen MR) is 119 cm³/mol. The normalized spacial score (nSPS) is 28.4. The van der Waals surface area contributed by atoms with Gasteiger partial charge in [0.15, 0.2) is 11.2 Å². The summed E-state index contributed by atoms with van der Waals surface area (Å²) in [5.41, 5.74) is -1.18. The lowest BCUT2D eigenvalue weighted by molar-refractivity contribution is -0.126. The van der Waals surface area contributed by atoms with E-state index in [9.17, 15) is 14.9 Å². The summed E-state index contributed by atoms with van der Waals surface area (Å²) in [6.07, 6.45) is 5.20. The highest BCUT2D eigenvalue weighted by Crippen LogP contribution is 2.75. The van der Waals surface area contributed by atoms with Gasteiger partial charge in [-0.25, -0.2) is 0 Å². The first-order valence-corrected chi connectivity index (χ1v) is 11.3. The van der Waals surface area contributed by atoms with Crippen LogP contribution in [0.3, 0.4) is 0 Å². The number of rotatable bonds is 5. The zero-order valence-electron chi connectivity index (χ0n) is 17.0. The maximum absolute atomic E-state index is 13.6. The van der Waals surface area contributed by atoms with Crippen molar-refractivity contribution in [3.8, 4) is 6.07 Å². The van der Waals surface area contributed by atoms with Gasteiger partial charge in [0.05, 0.1) is 11.5 Å². The molecule has 0 spiro atoms. The van der Waals surface area contributed by atoms with E-state index in [1.165, 1.54) is 6.42 Å². The standard InChI is InChI=1S/C25H25BrN2O2/c1-24(22(29)17-9-4-2-5-10-17)21(18-11-8-12-19(26)15-18)25(24,16-27)23(30)28-20-13-6-3-7-14-20/h2,4-5,8-12,15,20-21H,3,6-7,13-14H2,1H3,(H,28,30). The van der Waals surface area contributed by atoms with Crippen LogP contribution in [0.15, 0.2) is 59.1 Å². The lowest BCUT2D eigenvalue weighted by Gasteiger charge is -2.25. The minimum absolute atomic E-state index is 0.0799. The molecule has 0 saturated heterocycles. The monoisotopic (exact) mass is 464 g/mol. The number of carbonyl (C=O) groups is 2. The molecule has 5 heteroatoms. The van der Waals surface area contributed by atoms with Crippen molar-refractivity contribution in [1.82, 2.24) is 5.32 Å². The van der Waals surface area contributed by atoms with E-state index in [0.29, 0.717) is 5.56 Å². The van der Waals surface area contributed by atoms with E-state index >= 15 is 0 Å². The summed E-state index contributed by atoms with van der Waals surface area (Å²) in [6.45, 7) is 1.78. The first-order chi connectivity index (χ1) is 14.4. The third kappa shape index (κ3) is 3.18. The smallest absolute Gasteiger partial charge is 0.242 e. The van der Waals surface area contributed by atoms with Crippen LogP contribution in [0, 0.1) is 22.2 Å². The van der Waals surface area contributed by atoms with Crippen LogP contribution in [0.4, 0.5) is 0 Å². The first-order valence-electron chi connectivity index (χ1n) is 10.5. The summed E-state index contributed by atoms with van der Waals surface area (Å²) in [5, 5.41) is 13.4. The lowest BCUT2D eigenvalue weighted by atomic mass is 9.86. The molecule has 2 aliphatic rings. The van der Waals surface area contributed by atoms with Gasteiger partial charge in [-0.1, -0.05) is 77.7 Å². The van der Waals surface area contributed by atoms with E-state index in [2.05, 4.69) is 27.3 Å². The Morgan fingerprint density at radius 3 is 2.40 bits per heavy atom. The summed E-state index contributed by atoms with van der Waals surface area (Å²) < 4.78 is 0.862. The molecule has 2 aromatic carbocycles. The van der Waals surface area contributed by atoms with Crippen LogP contribution in [0.2, 0.25) is 0 Å². The number of nitrogens with one attached hydrogen (secondary N) is 1. The van der Waals surface area contributed by atoms with E-state index in [4.69, 9.17) is 0 Å². The molecule has 0 aliphatic heterocycles. The maximum atomic E-state index is 13.6. The van der Waals surface area contributed by atoms with Crippen LogP contribution in [-0.4, -0.2) is 17.7 Å². The van der Waals surface area contributed by atoms with Gasteiger partial charge in [-0.05, 0) is 37.5 Å². The zero-order chi connectivity index (χ0) is 21.4. The number of hydrogen-bond acceptors (Lipinski definition) is 3. The Labute approximate surface area is 185 Å². The van der Waals surface area contributed by atoms with Gasteiger partial charge in [-0.3, -0.25) is 9.59 Å². The van der Waals surface area contributed by atoms with Crippen LogP contribution >= 0.6 is 15.9 Å². The van der Waals surface area contributed by atoms with Gasteiger partial charge in [0.25, 0.3) is 0 Å². The van der Waals surface area contributed by atoms with Crippen LogP contribution in [0.1, 0.15) is 60.9 Å². The van der Waals surface area contributed by atoms with Crippen molar-refractivity contribution >= 4 is 27.6 Å². The molecule has 2 aromatic rings. The molecular weight excluding hydrogens is 440 g/mol. The van der Waals surface area contributed by atoms with E-state index in [0.717, 1.165) is 35.7 Å². The zero-order valence-corrected chi connectivity index (χ0v) is 18.6. The van der Waals surface area contributed by atoms with Crippen molar-refractivity contribution in [3.63, 3.8) is 0 Å². The molecule has 2 aliphatic carbocycles. The van der Waals surface area contributed by atoms with Crippen molar-refractivity contribution in [1.29, 1.82) is 5.26 Å². The van der Waals surface area contributed by atoms with Gasteiger partial charge in [-0.2, -0.15) is 5.26 Å². The molecule has 2 fully saturated rings. The van der Waals surface area contributed by atoms with Gasteiger partial charge in [0, 0.05) is 22.0 Å². The fraction of sp³-hybridized carbons (Fsp3) is 0.400. The quantitative estimate of drug-likeness (QED) is 0.602. The maximum Gasteiger partial charge on any atom is 0.242 e. The summed E-state index contributed by atoms with van der Waals surface area (Å²) >= 11 is 3.49. The largest absolute Gasteiger partial charge is 0.352 e. The third-order valence-electron chi connectivity index (χ3n) is 6.91. The fourth-order valence-electron chi connectivity index (χ4n) is 5.23. The number of carbonyl (C=O) groups excluding carboxylic acids is 2. The minimum atomic E-state index is -1.42. The number of halogens is 1. The molecule has 0 aromatic heterocycles. The van der Waals surface area contributed by atoms with Crippen molar-refractivity contribution < 1.29 is 9.59 Å². The highest BCUT2D eigenvalue weighted by Gasteiger charge is 2.82. The molecule has 0 bridgehead atoms. The molecule has 0 heterocycles. The molecule has 4 nitrogen and oxygen atoms in total. The highest BCUT2D eigenvalue weighted by molar-refractivity contribution is 9.10. The Hall–Kier alpha value is -2.45. The summed E-state index contributed by atoms with van der Waals surface area (Å²) in [4.78, 5) is 27.2. The van der Waals surface area contributed by atoms with Crippen molar-refractivity contribution in [3.05, 3.63) is 70.2 Å². The Balaban J connectivity index is 1.76. The van der Waals surface area contributed by atoms with Crippen LogP contribution < -0.4 is 5.32 Å². The molecule has 3 atom stereocenters. The SMILES string of the molecule is CC1(C(=O)c2ccccc2)C(c2cccc(Br)c2)C1(C#N)C(=O)NC1CCCCC1. The van der Waals surface area contributed by atoms with Gasteiger partial charge < -0.3 is 5.32 Å². The topological polar surface area (TPSA) is 70.0 Å². The second-order valence-electron chi connectivity index (χ2n) is 8.61. The summed E-state index contributed by atoms with van der Waals surface area (Å²) in [7, 11) is 0. The van der Waals surface area contributed by atoms with Crippen LogP contribution in [0.25, 0.3) is 0 Å². The molecule has 3 unspecified atom stereocenters. The van der Waals surface area contributed by atoms with Gasteiger partial charge in [0.2, 0.25) is 5.91 Å². The molecule has 1 N–H and O–H groups in total. The molecule has 2 saturated carbocycles. The van der Waals surface area contributed by atoms with Crippen LogP contribution in [0.5, 0.6) is 0 Å². The predicted octanol–water partition coefficient (Wildman–Crippen LogP) is 5.39. The second kappa shape index (κ2) is 8.00. The first kappa shape index (κ1) is 20.8. The molecular formula is C25H25BrN2O2. The van der Waals surface area contributed by atoms with Crippen LogP contribution in [-0.2, 0) is 4.79 Å². The lowest BCUT2D eigenvalue weighted by Crippen LogP contribution is -2.43. The number of nitriles is 1. The number of hydrogen-bond donors (Lipinski definition) is 1. The summed E-state index contributed by atoms with van der Waals surface area (Å²) in [6, 6.07) is 19.0. The molecule has 1 amide bonds.